The van der Waals surface area contributed by atoms with Crippen LogP contribution in [0.15, 0.2) is 48.5 Å². The molecule has 2 rings (SSSR count). The average Bonchev–Trinajstić information content (AvgIpc) is 3.15. The molecule has 0 amide bonds. The Morgan fingerprint density at radius 1 is 0.404 bits per heavy atom. The maximum absolute atomic E-state index is 12.0. The van der Waals surface area contributed by atoms with Crippen molar-refractivity contribution in [2.75, 3.05) is 26.4 Å². The van der Waals surface area contributed by atoms with Crippen LogP contribution >= 0.6 is 0 Å². The van der Waals surface area contributed by atoms with E-state index in [9.17, 15) is 19.2 Å². The Labute approximate surface area is 305 Å². The highest BCUT2D eigenvalue weighted by Crippen LogP contribution is 2.16. The second kappa shape index (κ2) is 29.1. The Bertz CT molecular complexity index is 1150. The van der Waals surface area contributed by atoms with Crippen LogP contribution in [0.4, 0.5) is 9.59 Å². The molecule has 0 spiro atoms. The third kappa shape index (κ3) is 21.6. The number of rotatable bonds is 29. The van der Waals surface area contributed by atoms with Crippen LogP contribution in [0.5, 0.6) is 11.5 Å². The highest BCUT2D eigenvalue weighted by atomic mass is 17.5. The molecule has 2 aromatic carbocycles. The second-order valence-electron chi connectivity index (χ2n) is 11.9. The fourth-order valence-corrected chi connectivity index (χ4v) is 4.68. The monoisotopic (exact) mass is 734 g/mol. The molecule has 0 aliphatic carbocycles. The van der Waals surface area contributed by atoms with Gasteiger partial charge in [0.05, 0.1) is 47.6 Å². The minimum atomic E-state index is -1.11. The molecule has 0 saturated heterocycles. The molecule has 0 aliphatic heterocycles. The number of carbonyl (C=O) groups excluding carboxylic acids is 4. The van der Waals surface area contributed by atoms with Gasteiger partial charge < -0.3 is 18.9 Å². The Morgan fingerprint density at radius 3 is 1.10 bits per heavy atom. The van der Waals surface area contributed by atoms with E-state index in [1.165, 1.54) is 37.1 Å². The van der Waals surface area contributed by atoms with Crippen molar-refractivity contribution < 1.29 is 67.8 Å². The van der Waals surface area contributed by atoms with Gasteiger partial charge in [-0.25, -0.2) is 29.0 Å². The van der Waals surface area contributed by atoms with E-state index in [2.05, 4.69) is 43.5 Å². The molecule has 0 heterocycles. The molecule has 0 unspecified atom stereocenters. The van der Waals surface area contributed by atoms with Crippen molar-refractivity contribution in [3.63, 3.8) is 0 Å². The Hall–Kier alpha value is -4.56. The van der Waals surface area contributed by atoms with Gasteiger partial charge in [-0.15, -0.1) is 0 Å². The van der Waals surface area contributed by atoms with Crippen LogP contribution in [0.2, 0.25) is 0 Å². The van der Waals surface area contributed by atoms with Crippen LogP contribution in [0, 0.1) is 0 Å². The summed E-state index contributed by atoms with van der Waals surface area (Å²) in [6.07, 6.45) is 13.4. The number of benzene rings is 2. The topological polar surface area (TPSA) is 161 Å². The van der Waals surface area contributed by atoms with Crippen LogP contribution in [-0.4, -0.2) is 50.7 Å². The predicted octanol–water partition coefficient (Wildman–Crippen LogP) is 9.74. The molecule has 0 bridgehead atoms. The third-order valence-corrected chi connectivity index (χ3v) is 7.62. The first-order chi connectivity index (χ1) is 25.4. The summed E-state index contributed by atoms with van der Waals surface area (Å²) in [4.78, 5) is 64.9. The SMILES string of the molecule is CCCCCCOc1ccc(C(=O)OOOC(=O)OCCCCCCCCCCOC(=O)OOOC(=O)c2ccc(OCCCCCC)cc2)cc1. The predicted molar refractivity (Wildman–Crippen MR) is 187 cm³/mol. The zero-order valence-corrected chi connectivity index (χ0v) is 30.5. The van der Waals surface area contributed by atoms with E-state index < -0.39 is 24.2 Å². The number of unbranched alkanes of at least 4 members (excludes halogenated alkanes) is 13. The van der Waals surface area contributed by atoms with Crippen molar-refractivity contribution in [1.29, 1.82) is 0 Å². The van der Waals surface area contributed by atoms with Crippen LogP contribution in [0.3, 0.4) is 0 Å². The number of ether oxygens (including phenoxy) is 4. The fourth-order valence-electron chi connectivity index (χ4n) is 4.68. The largest absolute Gasteiger partial charge is 0.543 e. The summed E-state index contributed by atoms with van der Waals surface area (Å²) in [6.45, 7) is 5.78. The summed E-state index contributed by atoms with van der Waals surface area (Å²) >= 11 is 0. The van der Waals surface area contributed by atoms with Crippen molar-refractivity contribution in [2.45, 2.75) is 117 Å². The molecular weight excluding hydrogens is 680 g/mol. The summed E-state index contributed by atoms with van der Waals surface area (Å²) in [6, 6.07) is 12.7. The van der Waals surface area contributed by atoms with Crippen LogP contribution in [0.25, 0.3) is 0 Å². The van der Waals surface area contributed by atoms with Crippen molar-refractivity contribution in [1.82, 2.24) is 0 Å². The molecule has 0 atom stereocenters. The summed E-state index contributed by atoms with van der Waals surface area (Å²) in [5.74, 6) is -0.382. The lowest BCUT2D eigenvalue weighted by atomic mass is 10.1. The highest BCUT2D eigenvalue weighted by Gasteiger charge is 2.14. The molecule has 0 N–H and O–H groups in total. The van der Waals surface area contributed by atoms with Gasteiger partial charge in [-0.2, -0.15) is 0 Å². The van der Waals surface area contributed by atoms with Crippen molar-refractivity contribution in [2.24, 2.45) is 0 Å². The minimum absolute atomic E-state index is 0.133. The fraction of sp³-hybridized carbons (Fsp3) is 0.579. The molecule has 2 aromatic rings. The third-order valence-electron chi connectivity index (χ3n) is 7.62. The molecule has 14 nitrogen and oxygen atoms in total. The first kappa shape index (κ1) is 43.6. The van der Waals surface area contributed by atoms with Crippen LogP contribution in [-0.2, 0) is 39.1 Å². The molecule has 290 valence electrons. The first-order valence-electron chi connectivity index (χ1n) is 18.3. The molecule has 0 aromatic heterocycles. The van der Waals surface area contributed by atoms with Gasteiger partial charge in [-0.3, -0.25) is 9.78 Å². The number of carbonyl (C=O) groups is 4. The van der Waals surface area contributed by atoms with Gasteiger partial charge >= 0.3 is 24.2 Å². The van der Waals surface area contributed by atoms with Gasteiger partial charge in [0.25, 0.3) is 0 Å². The van der Waals surface area contributed by atoms with Crippen LogP contribution < -0.4 is 9.47 Å². The Balaban J connectivity index is 1.36. The smallest absolute Gasteiger partial charge is 0.494 e. The molecule has 52 heavy (non-hydrogen) atoms. The summed E-state index contributed by atoms with van der Waals surface area (Å²) in [7, 11) is 0. The summed E-state index contributed by atoms with van der Waals surface area (Å²) < 4.78 is 21.1. The lowest BCUT2D eigenvalue weighted by Crippen LogP contribution is -2.12. The molecular formula is C38H54O14. The zero-order valence-electron chi connectivity index (χ0n) is 30.5. The van der Waals surface area contributed by atoms with E-state index in [0.29, 0.717) is 37.6 Å². The first-order valence-corrected chi connectivity index (χ1v) is 18.3. The zero-order chi connectivity index (χ0) is 37.5. The van der Waals surface area contributed by atoms with E-state index in [1.54, 1.807) is 24.3 Å². The Kier molecular flexibility index (Phi) is 24.4. The van der Waals surface area contributed by atoms with Gasteiger partial charge in [0.15, 0.2) is 0 Å². The average molecular weight is 735 g/mol. The molecule has 0 fully saturated rings. The summed E-state index contributed by atoms with van der Waals surface area (Å²) in [5.41, 5.74) is 0.404. The van der Waals surface area contributed by atoms with Gasteiger partial charge in [0, 0.05) is 0 Å². The van der Waals surface area contributed by atoms with Gasteiger partial charge in [-0.1, -0.05) is 90.9 Å². The quantitative estimate of drug-likeness (QED) is 0.0336. The van der Waals surface area contributed by atoms with Crippen molar-refractivity contribution >= 4 is 24.2 Å². The van der Waals surface area contributed by atoms with E-state index in [4.69, 9.17) is 18.9 Å². The normalized spacial score (nSPS) is 10.6. The summed E-state index contributed by atoms with van der Waals surface area (Å²) in [5, 5.41) is 8.50. The lowest BCUT2D eigenvalue weighted by molar-refractivity contribution is -0.452. The molecule has 14 heteroatoms. The maximum atomic E-state index is 12.0. The highest BCUT2D eigenvalue weighted by molar-refractivity contribution is 5.89. The van der Waals surface area contributed by atoms with Gasteiger partial charge in [-0.05, 0) is 74.2 Å². The maximum Gasteiger partial charge on any atom is 0.543 e. The lowest BCUT2D eigenvalue weighted by Gasteiger charge is -2.07. The minimum Gasteiger partial charge on any atom is -0.494 e. The van der Waals surface area contributed by atoms with E-state index >= 15 is 0 Å². The molecule has 0 aliphatic rings. The van der Waals surface area contributed by atoms with Crippen molar-refractivity contribution in [3.8, 4) is 11.5 Å². The number of hydrogen-bond acceptors (Lipinski definition) is 14. The van der Waals surface area contributed by atoms with Crippen LogP contribution in [0.1, 0.15) is 137 Å². The van der Waals surface area contributed by atoms with Crippen molar-refractivity contribution in [3.05, 3.63) is 59.7 Å². The van der Waals surface area contributed by atoms with E-state index in [1.807, 2.05) is 0 Å². The van der Waals surface area contributed by atoms with Gasteiger partial charge in [0.2, 0.25) is 0 Å². The van der Waals surface area contributed by atoms with Gasteiger partial charge in [0.1, 0.15) is 11.5 Å². The number of hydrogen-bond donors (Lipinski definition) is 0. The van der Waals surface area contributed by atoms with E-state index in [-0.39, 0.29) is 24.3 Å². The second-order valence-corrected chi connectivity index (χ2v) is 11.9. The van der Waals surface area contributed by atoms with E-state index in [0.717, 1.165) is 77.0 Å². The molecule has 0 radical (unpaired) electrons. The molecule has 0 saturated carbocycles. The Morgan fingerprint density at radius 2 is 0.731 bits per heavy atom. The standard InChI is InChI=1S/C38H54O14/c1-3-5-7-15-27-43-33-23-19-31(20-24-33)35(39)47-51-49-37(41)45-29-17-13-11-9-10-12-14-18-30-46-38(42)50-52-48-36(40)32-21-25-34(26-22-32)44-28-16-8-6-4-2/h19-26H,3-18,27-30H2,1-2H3.